The highest BCUT2D eigenvalue weighted by Crippen LogP contribution is 2.17. The van der Waals surface area contributed by atoms with E-state index in [0.29, 0.717) is 18.6 Å². The van der Waals surface area contributed by atoms with Crippen LogP contribution in [0.1, 0.15) is 39.5 Å². The van der Waals surface area contributed by atoms with Crippen molar-refractivity contribution in [2.75, 3.05) is 6.54 Å². The minimum Gasteiger partial charge on any atom is -0.352 e. The van der Waals surface area contributed by atoms with Gasteiger partial charge in [-0.05, 0) is 25.7 Å². The Morgan fingerprint density at radius 3 is 2.46 bits per heavy atom. The van der Waals surface area contributed by atoms with Gasteiger partial charge < -0.3 is 10.6 Å². The summed E-state index contributed by atoms with van der Waals surface area (Å²) < 4.78 is 0. The van der Waals surface area contributed by atoms with Crippen molar-refractivity contribution in [2.24, 2.45) is 0 Å². The first-order chi connectivity index (χ1) is 6.26. The number of nitrogens with one attached hydrogen (secondary N) is 2. The Bertz CT molecular complexity index is 162. The molecule has 1 fully saturated rings. The third kappa shape index (κ3) is 4.27. The third-order valence-electron chi connectivity index (χ3n) is 2.48. The van der Waals surface area contributed by atoms with Gasteiger partial charge in [-0.2, -0.15) is 0 Å². The number of carbonyl (C=O) groups excluding carboxylic acids is 1. The van der Waals surface area contributed by atoms with Crippen LogP contribution in [0.15, 0.2) is 0 Å². The van der Waals surface area contributed by atoms with Crippen LogP contribution in [0.5, 0.6) is 0 Å². The maximum absolute atomic E-state index is 11.3. The first kappa shape index (κ1) is 10.5. The van der Waals surface area contributed by atoms with Gasteiger partial charge in [-0.15, -0.1) is 0 Å². The molecule has 1 amide bonds. The minimum atomic E-state index is 0.139. The zero-order valence-electron chi connectivity index (χ0n) is 8.60. The van der Waals surface area contributed by atoms with Crippen molar-refractivity contribution >= 4 is 5.91 Å². The maximum Gasteiger partial charge on any atom is 0.234 e. The van der Waals surface area contributed by atoms with E-state index in [2.05, 4.69) is 24.5 Å². The van der Waals surface area contributed by atoms with E-state index in [-0.39, 0.29) is 5.91 Å². The first-order valence-corrected chi connectivity index (χ1v) is 5.29. The lowest BCUT2D eigenvalue weighted by Gasteiger charge is -2.14. The fourth-order valence-electron chi connectivity index (χ4n) is 1.30. The van der Waals surface area contributed by atoms with Gasteiger partial charge in [-0.3, -0.25) is 4.79 Å². The van der Waals surface area contributed by atoms with Crippen molar-refractivity contribution < 1.29 is 4.79 Å². The molecule has 0 spiro atoms. The molecule has 3 heteroatoms. The number of amides is 1. The summed E-state index contributed by atoms with van der Waals surface area (Å²) in [4.78, 5) is 11.3. The smallest absolute Gasteiger partial charge is 0.234 e. The van der Waals surface area contributed by atoms with Crippen molar-refractivity contribution in [3.8, 4) is 0 Å². The van der Waals surface area contributed by atoms with Crippen molar-refractivity contribution in [3.63, 3.8) is 0 Å². The molecule has 0 atom stereocenters. The zero-order valence-corrected chi connectivity index (χ0v) is 8.60. The van der Waals surface area contributed by atoms with Gasteiger partial charge in [-0.1, -0.05) is 13.8 Å². The Morgan fingerprint density at radius 2 is 2.00 bits per heavy atom. The normalized spacial score (nSPS) is 16.2. The molecule has 1 aliphatic carbocycles. The first-order valence-electron chi connectivity index (χ1n) is 5.29. The summed E-state index contributed by atoms with van der Waals surface area (Å²) in [6.45, 7) is 4.69. The largest absolute Gasteiger partial charge is 0.352 e. The van der Waals surface area contributed by atoms with Gasteiger partial charge in [0.1, 0.15) is 0 Å². The molecule has 0 radical (unpaired) electrons. The lowest BCUT2D eigenvalue weighted by Crippen LogP contribution is -2.40. The molecule has 3 nitrogen and oxygen atoms in total. The molecule has 0 heterocycles. The molecule has 0 aromatic rings. The molecular weight excluding hydrogens is 164 g/mol. The average molecular weight is 184 g/mol. The molecule has 1 rings (SSSR count). The highest BCUT2D eigenvalue weighted by molar-refractivity contribution is 5.78. The second-order valence-electron chi connectivity index (χ2n) is 3.74. The summed E-state index contributed by atoms with van der Waals surface area (Å²) in [5.41, 5.74) is 0. The van der Waals surface area contributed by atoms with E-state index in [0.717, 1.165) is 12.8 Å². The topological polar surface area (TPSA) is 41.1 Å². The van der Waals surface area contributed by atoms with Gasteiger partial charge >= 0.3 is 0 Å². The highest BCUT2D eigenvalue weighted by atomic mass is 16.1. The second kappa shape index (κ2) is 5.22. The van der Waals surface area contributed by atoms with Crippen LogP contribution < -0.4 is 10.6 Å². The lowest BCUT2D eigenvalue weighted by atomic mass is 10.2. The molecule has 0 aliphatic heterocycles. The lowest BCUT2D eigenvalue weighted by molar-refractivity contribution is -0.121. The Balaban J connectivity index is 2.07. The van der Waals surface area contributed by atoms with Gasteiger partial charge in [-0.25, -0.2) is 0 Å². The monoisotopic (exact) mass is 184 g/mol. The predicted molar refractivity (Wildman–Crippen MR) is 53.5 cm³/mol. The van der Waals surface area contributed by atoms with Crippen LogP contribution in [-0.2, 0) is 4.79 Å². The Hall–Kier alpha value is -0.570. The summed E-state index contributed by atoms with van der Waals surface area (Å²) in [6.07, 6.45) is 4.51. The fraction of sp³-hybridized carbons (Fsp3) is 0.900. The summed E-state index contributed by atoms with van der Waals surface area (Å²) in [7, 11) is 0. The van der Waals surface area contributed by atoms with E-state index in [9.17, 15) is 4.79 Å². The molecule has 0 saturated heterocycles. The number of hydrogen-bond donors (Lipinski definition) is 2. The van der Waals surface area contributed by atoms with Crippen LogP contribution in [-0.4, -0.2) is 24.5 Å². The van der Waals surface area contributed by atoms with E-state index >= 15 is 0 Å². The van der Waals surface area contributed by atoms with Gasteiger partial charge in [0, 0.05) is 12.1 Å². The molecule has 2 N–H and O–H groups in total. The van der Waals surface area contributed by atoms with Crippen LogP contribution >= 0.6 is 0 Å². The molecule has 0 bridgehead atoms. The summed E-state index contributed by atoms with van der Waals surface area (Å²) in [5.74, 6) is 0.139. The summed E-state index contributed by atoms with van der Waals surface area (Å²) >= 11 is 0. The number of rotatable bonds is 6. The Labute approximate surface area is 80.3 Å². The number of hydrogen-bond acceptors (Lipinski definition) is 2. The molecule has 0 unspecified atom stereocenters. The quantitative estimate of drug-likeness (QED) is 0.647. The third-order valence-corrected chi connectivity index (χ3v) is 2.48. The van der Waals surface area contributed by atoms with E-state index < -0.39 is 0 Å². The highest BCUT2D eigenvalue weighted by Gasteiger charge is 2.21. The minimum absolute atomic E-state index is 0.139. The van der Waals surface area contributed by atoms with Crippen LogP contribution in [0.4, 0.5) is 0 Å². The van der Waals surface area contributed by atoms with Crippen LogP contribution in [0.2, 0.25) is 0 Å². The Morgan fingerprint density at radius 1 is 1.38 bits per heavy atom. The molecular formula is C10H20N2O. The van der Waals surface area contributed by atoms with E-state index in [1.807, 2.05) is 0 Å². The van der Waals surface area contributed by atoms with Crippen molar-refractivity contribution in [3.05, 3.63) is 0 Å². The average Bonchev–Trinajstić information content (AvgIpc) is 2.94. The van der Waals surface area contributed by atoms with Gasteiger partial charge in [0.2, 0.25) is 5.91 Å². The molecule has 76 valence electrons. The maximum atomic E-state index is 11.3. The van der Waals surface area contributed by atoms with E-state index in [4.69, 9.17) is 0 Å². The van der Waals surface area contributed by atoms with E-state index in [1.54, 1.807) is 0 Å². The molecule has 1 saturated carbocycles. The standard InChI is InChI=1S/C10H20N2O/c1-3-8(4-2)12-10(13)7-11-9-5-6-9/h8-9,11H,3-7H2,1-2H3,(H,12,13). The zero-order chi connectivity index (χ0) is 9.68. The van der Waals surface area contributed by atoms with Gasteiger partial charge in [0.25, 0.3) is 0 Å². The van der Waals surface area contributed by atoms with Crippen molar-refractivity contribution in [1.29, 1.82) is 0 Å². The fourth-order valence-corrected chi connectivity index (χ4v) is 1.30. The second-order valence-corrected chi connectivity index (χ2v) is 3.74. The number of carbonyl (C=O) groups is 1. The summed E-state index contributed by atoms with van der Waals surface area (Å²) in [6, 6.07) is 0.973. The summed E-state index contributed by atoms with van der Waals surface area (Å²) in [5, 5.41) is 6.20. The molecule has 13 heavy (non-hydrogen) atoms. The van der Waals surface area contributed by atoms with E-state index in [1.165, 1.54) is 12.8 Å². The molecule has 0 aromatic carbocycles. The van der Waals surface area contributed by atoms with Crippen LogP contribution in [0, 0.1) is 0 Å². The molecule has 0 aromatic heterocycles. The Kier molecular flexibility index (Phi) is 4.22. The van der Waals surface area contributed by atoms with Crippen molar-refractivity contribution in [1.82, 2.24) is 10.6 Å². The van der Waals surface area contributed by atoms with Gasteiger partial charge in [0.05, 0.1) is 6.54 Å². The van der Waals surface area contributed by atoms with Crippen LogP contribution in [0.3, 0.4) is 0 Å². The van der Waals surface area contributed by atoms with Crippen LogP contribution in [0.25, 0.3) is 0 Å². The van der Waals surface area contributed by atoms with Gasteiger partial charge in [0.15, 0.2) is 0 Å². The van der Waals surface area contributed by atoms with Crippen molar-refractivity contribution in [2.45, 2.75) is 51.6 Å². The SMILES string of the molecule is CCC(CC)NC(=O)CNC1CC1. The predicted octanol–water partition coefficient (Wildman–Crippen LogP) is 1.04. The molecule has 1 aliphatic rings.